The molecule has 1 fully saturated rings. The molecule has 0 amide bonds. The van der Waals surface area contributed by atoms with Gasteiger partial charge in [0.05, 0.1) is 13.1 Å². The average molecular weight is 239 g/mol. The third-order valence-electron chi connectivity index (χ3n) is 2.40. The molecular formula is C10H13F4NO. The lowest BCUT2D eigenvalue weighted by Gasteiger charge is -2.15. The largest absolute Gasteiger partial charge is 0.323 e. The van der Waals surface area contributed by atoms with Crippen LogP contribution in [0.5, 0.6) is 0 Å². The maximum atomic E-state index is 12.7. The molecular weight excluding hydrogens is 226 g/mol. The van der Waals surface area contributed by atoms with Gasteiger partial charge in [-0.15, -0.1) is 0 Å². The molecule has 0 atom stereocenters. The van der Waals surface area contributed by atoms with E-state index >= 15 is 0 Å². The topological polar surface area (TPSA) is 20.3 Å². The second-order valence-corrected chi connectivity index (χ2v) is 3.80. The summed E-state index contributed by atoms with van der Waals surface area (Å²) < 4.78 is 51.0. The maximum Gasteiger partial charge on any atom is 0.323 e. The first kappa shape index (κ1) is 13.2. The predicted octanol–water partition coefficient (Wildman–Crippen LogP) is 2.11. The summed E-state index contributed by atoms with van der Waals surface area (Å²) >= 11 is 0. The van der Waals surface area contributed by atoms with E-state index in [1.54, 1.807) is 6.92 Å². The SMILES string of the molecule is CCC(=O)/C=C/CN1CC(F)(F)C(F)(F)C1. The summed E-state index contributed by atoms with van der Waals surface area (Å²) in [7, 11) is 0. The Morgan fingerprint density at radius 3 is 2.19 bits per heavy atom. The Kier molecular flexibility index (Phi) is 3.72. The van der Waals surface area contributed by atoms with Crippen LogP contribution in [0, 0.1) is 0 Å². The van der Waals surface area contributed by atoms with Gasteiger partial charge in [0.2, 0.25) is 0 Å². The molecule has 0 unspecified atom stereocenters. The van der Waals surface area contributed by atoms with E-state index in [0.717, 1.165) is 4.90 Å². The van der Waals surface area contributed by atoms with Gasteiger partial charge < -0.3 is 0 Å². The number of ketones is 1. The Labute approximate surface area is 90.9 Å². The predicted molar refractivity (Wildman–Crippen MR) is 50.8 cm³/mol. The minimum Gasteiger partial charge on any atom is -0.295 e. The van der Waals surface area contributed by atoms with Gasteiger partial charge in [0.15, 0.2) is 5.78 Å². The van der Waals surface area contributed by atoms with E-state index in [1.165, 1.54) is 12.2 Å². The lowest BCUT2D eigenvalue weighted by molar-refractivity contribution is -0.172. The number of rotatable bonds is 4. The minimum absolute atomic E-state index is 0.0586. The monoisotopic (exact) mass is 239 g/mol. The quantitative estimate of drug-likeness (QED) is 0.553. The normalized spacial score (nSPS) is 24.1. The molecule has 0 spiro atoms. The first-order valence-electron chi connectivity index (χ1n) is 4.96. The fraction of sp³-hybridized carbons (Fsp3) is 0.700. The molecule has 1 aliphatic heterocycles. The molecule has 16 heavy (non-hydrogen) atoms. The third-order valence-corrected chi connectivity index (χ3v) is 2.40. The Bertz CT molecular complexity index is 285. The zero-order valence-corrected chi connectivity index (χ0v) is 8.85. The summed E-state index contributed by atoms with van der Waals surface area (Å²) in [4.78, 5) is 11.8. The van der Waals surface area contributed by atoms with Crippen molar-refractivity contribution in [1.82, 2.24) is 4.90 Å². The lowest BCUT2D eigenvalue weighted by Crippen LogP contribution is -2.38. The van der Waals surface area contributed by atoms with E-state index in [1.807, 2.05) is 0 Å². The first-order valence-corrected chi connectivity index (χ1v) is 4.96. The van der Waals surface area contributed by atoms with Crippen molar-refractivity contribution in [2.75, 3.05) is 19.6 Å². The number of allylic oxidation sites excluding steroid dienone is 1. The van der Waals surface area contributed by atoms with Crippen LogP contribution in [0.15, 0.2) is 12.2 Å². The molecule has 0 N–H and O–H groups in total. The molecule has 6 heteroatoms. The van der Waals surface area contributed by atoms with Crippen LogP contribution >= 0.6 is 0 Å². The number of nitrogens with zero attached hydrogens (tertiary/aromatic N) is 1. The molecule has 0 aromatic heterocycles. The van der Waals surface area contributed by atoms with Crippen LogP contribution in [0.2, 0.25) is 0 Å². The van der Waals surface area contributed by atoms with Crippen LogP contribution in [0.25, 0.3) is 0 Å². The van der Waals surface area contributed by atoms with Crippen molar-refractivity contribution >= 4 is 5.78 Å². The number of likely N-dealkylation sites (tertiary alicyclic amines) is 1. The Hall–Kier alpha value is -0.910. The number of hydrogen-bond donors (Lipinski definition) is 0. The van der Waals surface area contributed by atoms with Gasteiger partial charge in [-0.25, -0.2) is 0 Å². The molecule has 0 saturated carbocycles. The Morgan fingerprint density at radius 1 is 1.25 bits per heavy atom. The number of carbonyl (C=O) groups excluding carboxylic acids is 1. The van der Waals surface area contributed by atoms with Gasteiger partial charge in [-0.2, -0.15) is 17.6 Å². The summed E-state index contributed by atoms with van der Waals surface area (Å²) in [6, 6.07) is 0. The summed E-state index contributed by atoms with van der Waals surface area (Å²) in [5.74, 6) is -8.11. The van der Waals surface area contributed by atoms with E-state index in [0.29, 0.717) is 6.42 Å². The second kappa shape index (κ2) is 4.53. The second-order valence-electron chi connectivity index (χ2n) is 3.80. The van der Waals surface area contributed by atoms with E-state index in [4.69, 9.17) is 0 Å². The fourth-order valence-corrected chi connectivity index (χ4v) is 1.43. The van der Waals surface area contributed by atoms with Gasteiger partial charge in [-0.05, 0) is 6.08 Å². The van der Waals surface area contributed by atoms with E-state index < -0.39 is 24.9 Å². The molecule has 0 bridgehead atoms. The van der Waals surface area contributed by atoms with Crippen molar-refractivity contribution in [3.63, 3.8) is 0 Å². The van der Waals surface area contributed by atoms with Crippen molar-refractivity contribution in [3.05, 3.63) is 12.2 Å². The lowest BCUT2D eigenvalue weighted by atomic mass is 10.2. The van der Waals surface area contributed by atoms with Crippen LogP contribution in [-0.2, 0) is 4.79 Å². The molecule has 1 heterocycles. The molecule has 1 rings (SSSR count). The molecule has 0 radical (unpaired) electrons. The van der Waals surface area contributed by atoms with Crippen molar-refractivity contribution in [2.24, 2.45) is 0 Å². The summed E-state index contributed by atoms with van der Waals surface area (Å²) in [6.45, 7) is -0.336. The molecule has 0 aromatic carbocycles. The van der Waals surface area contributed by atoms with Gasteiger partial charge in [0, 0.05) is 13.0 Å². The van der Waals surface area contributed by atoms with Gasteiger partial charge in [-0.1, -0.05) is 13.0 Å². The summed E-state index contributed by atoms with van der Waals surface area (Å²) in [6.07, 6.45) is 2.88. The Morgan fingerprint density at radius 2 is 1.75 bits per heavy atom. The molecule has 0 aliphatic carbocycles. The van der Waals surface area contributed by atoms with Gasteiger partial charge in [0.1, 0.15) is 0 Å². The van der Waals surface area contributed by atoms with E-state index in [-0.39, 0.29) is 12.3 Å². The van der Waals surface area contributed by atoms with E-state index in [2.05, 4.69) is 0 Å². The van der Waals surface area contributed by atoms with Gasteiger partial charge >= 0.3 is 11.8 Å². The zero-order valence-electron chi connectivity index (χ0n) is 8.85. The number of halogens is 4. The zero-order chi connectivity index (χ0) is 12.4. The van der Waals surface area contributed by atoms with Crippen molar-refractivity contribution in [2.45, 2.75) is 25.2 Å². The molecule has 92 valence electrons. The van der Waals surface area contributed by atoms with Crippen LogP contribution in [-0.4, -0.2) is 42.2 Å². The highest BCUT2D eigenvalue weighted by Crippen LogP contribution is 2.40. The highest BCUT2D eigenvalue weighted by atomic mass is 19.3. The number of alkyl halides is 4. The molecule has 1 aliphatic rings. The van der Waals surface area contributed by atoms with Crippen LogP contribution in [0.4, 0.5) is 17.6 Å². The summed E-state index contributed by atoms with van der Waals surface area (Å²) in [5.41, 5.74) is 0. The molecule has 2 nitrogen and oxygen atoms in total. The maximum absolute atomic E-state index is 12.7. The third kappa shape index (κ3) is 2.81. The first-order chi connectivity index (χ1) is 7.28. The number of carbonyl (C=O) groups is 1. The van der Waals surface area contributed by atoms with Crippen molar-refractivity contribution in [3.8, 4) is 0 Å². The van der Waals surface area contributed by atoms with Crippen LogP contribution in [0.1, 0.15) is 13.3 Å². The number of hydrogen-bond acceptors (Lipinski definition) is 2. The average Bonchev–Trinajstić information content (AvgIpc) is 2.35. The smallest absolute Gasteiger partial charge is 0.295 e. The van der Waals surface area contributed by atoms with Gasteiger partial charge in [-0.3, -0.25) is 9.69 Å². The van der Waals surface area contributed by atoms with E-state index in [9.17, 15) is 22.4 Å². The van der Waals surface area contributed by atoms with Crippen molar-refractivity contribution in [1.29, 1.82) is 0 Å². The van der Waals surface area contributed by atoms with Gasteiger partial charge in [0.25, 0.3) is 0 Å². The fourth-order valence-electron chi connectivity index (χ4n) is 1.43. The highest BCUT2D eigenvalue weighted by Gasteiger charge is 2.62. The minimum atomic E-state index is -3.98. The molecule has 0 aromatic rings. The molecule has 1 saturated heterocycles. The standard InChI is InChI=1S/C10H13F4NO/c1-2-8(16)4-3-5-15-6-9(11,12)10(13,14)7-15/h3-4H,2,5-7H2,1H3/b4-3+. The van der Waals surface area contributed by atoms with Crippen LogP contribution < -0.4 is 0 Å². The summed E-state index contributed by atoms with van der Waals surface area (Å²) in [5, 5.41) is 0. The Balaban J connectivity index is 2.49. The highest BCUT2D eigenvalue weighted by molar-refractivity contribution is 5.89. The van der Waals surface area contributed by atoms with Crippen molar-refractivity contribution < 1.29 is 22.4 Å². The van der Waals surface area contributed by atoms with Crippen LogP contribution in [0.3, 0.4) is 0 Å².